The number of hydrogen-bond donors (Lipinski definition) is 2. The Morgan fingerprint density at radius 1 is 0.816 bits per heavy atom. The minimum Gasteiger partial charge on any atom is -0.369 e. The van der Waals surface area contributed by atoms with E-state index < -0.39 is 20.0 Å². The normalized spacial score (nSPS) is 15.5. The van der Waals surface area contributed by atoms with Gasteiger partial charge in [-0.25, -0.2) is 0 Å². The summed E-state index contributed by atoms with van der Waals surface area (Å²) in [7, 11) is -8.59. The molecule has 0 fully saturated rings. The molecule has 38 heavy (non-hydrogen) atoms. The number of unbranched alkanes of at least 4 members (excludes halogenated alkanes) is 11. The van der Waals surface area contributed by atoms with Gasteiger partial charge in [0.15, 0.2) is 0 Å². The van der Waals surface area contributed by atoms with E-state index >= 15 is 0 Å². The Balaban J connectivity index is 2.55. The summed E-state index contributed by atoms with van der Waals surface area (Å²) in [5.74, 6) is 0. The van der Waals surface area contributed by atoms with Crippen molar-refractivity contribution in [1.82, 2.24) is 4.98 Å². The van der Waals surface area contributed by atoms with Crippen molar-refractivity contribution in [2.24, 2.45) is 0 Å². The third-order valence-corrected chi connectivity index (χ3v) is 13.0. The Hall–Kier alpha value is -0.810. The number of aryl methyl sites for hydroxylation is 1. The van der Waals surface area contributed by atoms with Crippen molar-refractivity contribution in [2.75, 3.05) is 19.4 Å². The van der Waals surface area contributed by atoms with Crippen LogP contribution < -0.4 is 0 Å². The highest BCUT2D eigenvalue weighted by Crippen LogP contribution is 2.75. The summed E-state index contributed by atoms with van der Waals surface area (Å²) in [5, 5.41) is 9.12. The SMILES string of the molecule is CCCCCCCC/C=C\CCCCCCCC(O)(P(=O)(O)CCc1ccncc1)P(=O)(OCC)OCC. The zero-order chi connectivity index (χ0) is 28.2. The lowest BCUT2D eigenvalue weighted by molar-refractivity contribution is 0.105. The van der Waals surface area contributed by atoms with Gasteiger partial charge in [0.1, 0.15) is 0 Å². The quantitative estimate of drug-likeness (QED) is 0.0723. The van der Waals surface area contributed by atoms with Crippen LogP contribution in [-0.4, -0.2) is 39.4 Å². The molecule has 2 atom stereocenters. The Bertz CT molecular complexity index is 841. The van der Waals surface area contributed by atoms with Gasteiger partial charge in [-0.2, -0.15) is 0 Å². The van der Waals surface area contributed by atoms with Gasteiger partial charge in [0.05, 0.1) is 13.2 Å². The Morgan fingerprint density at radius 2 is 1.32 bits per heavy atom. The van der Waals surface area contributed by atoms with Gasteiger partial charge < -0.3 is 19.0 Å². The van der Waals surface area contributed by atoms with E-state index in [9.17, 15) is 19.1 Å². The molecule has 1 aromatic heterocycles. The molecule has 1 aromatic rings. The number of allylic oxidation sites excluding steroid dienone is 2. The van der Waals surface area contributed by atoms with E-state index in [1.807, 2.05) is 0 Å². The molecule has 0 saturated heterocycles. The zero-order valence-corrected chi connectivity index (χ0v) is 25.8. The molecule has 0 aliphatic rings. The highest BCUT2D eigenvalue weighted by atomic mass is 31.2. The largest absolute Gasteiger partial charge is 0.371 e. The second-order valence-electron chi connectivity index (χ2n) is 9.97. The summed E-state index contributed by atoms with van der Waals surface area (Å²) in [5.41, 5.74) is 0.820. The maximum Gasteiger partial charge on any atom is 0.371 e. The first-order valence-electron chi connectivity index (χ1n) is 14.7. The minimum atomic E-state index is -4.34. The lowest BCUT2D eigenvalue weighted by Crippen LogP contribution is -2.32. The van der Waals surface area contributed by atoms with Crippen LogP contribution in [0.1, 0.15) is 116 Å². The summed E-state index contributed by atoms with van der Waals surface area (Å²) in [4.78, 5) is 15.0. The number of aromatic nitrogens is 1. The second kappa shape index (κ2) is 20.1. The van der Waals surface area contributed by atoms with Crippen molar-refractivity contribution >= 4 is 15.0 Å². The molecule has 2 N–H and O–H groups in total. The van der Waals surface area contributed by atoms with Crippen LogP contribution >= 0.6 is 15.0 Å². The molecule has 0 radical (unpaired) electrons. The number of pyridine rings is 1. The summed E-state index contributed by atoms with van der Waals surface area (Å²) in [6, 6.07) is 3.52. The van der Waals surface area contributed by atoms with Gasteiger partial charge in [-0.3, -0.25) is 14.1 Å². The molecule has 1 rings (SSSR count). The van der Waals surface area contributed by atoms with E-state index in [2.05, 4.69) is 24.1 Å². The fraction of sp³-hybridized carbons (Fsp3) is 0.759. The highest BCUT2D eigenvalue weighted by Gasteiger charge is 2.60. The molecular formula is C29H53NO6P2. The van der Waals surface area contributed by atoms with E-state index in [1.165, 1.54) is 38.5 Å². The maximum atomic E-state index is 13.6. The van der Waals surface area contributed by atoms with Crippen LogP contribution in [0.15, 0.2) is 36.7 Å². The number of rotatable bonds is 24. The fourth-order valence-electron chi connectivity index (χ4n) is 4.53. The molecule has 0 aromatic carbocycles. The van der Waals surface area contributed by atoms with Crippen LogP contribution in [0, 0.1) is 0 Å². The van der Waals surface area contributed by atoms with E-state index in [0.29, 0.717) is 6.42 Å². The van der Waals surface area contributed by atoms with Crippen LogP contribution in [-0.2, 0) is 24.6 Å². The van der Waals surface area contributed by atoms with E-state index in [-0.39, 0.29) is 32.2 Å². The Labute approximate surface area is 231 Å². The first-order valence-corrected chi connectivity index (χ1v) is 18.1. The summed E-state index contributed by atoms with van der Waals surface area (Å²) < 4.78 is 37.9. The van der Waals surface area contributed by atoms with Crippen LogP contribution in [0.4, 0.5) is 0 Å². The van der Waals surface area contributed by atoms with Crippen LogP contribution in [0.5, 0.6) is 0 Å². The number of hydrogen-bond acceptors (Lipinski definition) is 6. The van der Waals surface area contributed by atoms with Crippen LogP contribution in [0.25, 0.3) is 0 Å². The maximum absolute atomic E-state index is 13.6. The van der Waals surface area contributed by atoms with E-state index in [4.69, 9.17) is 9.05 Å². The zero-order valence-electron chi connectivity index (χ0n) is 24.1. The van der Waals surface area contributed by atoms with E-state index in [0.717, 1.165) is 44.1 Å². The van der Waals surface area contributed by atoms with E-state index in [1.54, 1.807) is 38.4 Å². The van der Waals surface area contributed by atoms with Crippen LogP contribution in [0.3, 0.4) is 0 Å². The molecule has 0 bridgehead atoms. The fourth-order valence-corrected chi connectivity index (χ4v) is 9.73. The molecule has 1 heterocycles. The first kappa shape index (κ1) is 35.2. The second-order valence-corrected chi connectivity index (χ2v) is 15.2. The van der Waals surface area contributed by atoms with Gasteiger partial charge in [0.25, 0.3) is 0 Å². The lowest BCUT2D eigenvalue weighted by Gasteiger charge is -2.37. The standard InChI is InChI=1S/C29H53NO6P2/c1-4-7-8-9-10-11-12-13-14-15-16-17-18-19-20-24-29(31,38(34,35-5-2)36-6-3)37(32,33)27-23-28-21-25-30-26-22-28/h13-14,21-22,25-26,31H,4-12,15-20,23-24,27H2,1-3H3,(H,32,33)/b14-13-. The third-order valence-electron chi connectivity index (χ3n) is 6.82. The molecular weight excluding hydrogens is 520 g/mol. The lowest BCUT2D eigenvalue weighted by atomic mass is 10.1. The van der Waals surface area contributed by atoms with Gasteiger partial charge >= 0.3 is 7.60 Å². The van der Waals surface area contributed by atoms with Crippen molar-refractivity contribution in [3.63, 3.8) is 0 Å². The molecule has 0 aliphatic carbocycles. The minimum absolute atomic E-state index is 0.0102. The summed E-state index contributed by atoms with van der Waals surface area (Å²) >= 11 is 0. The number of aliphatic hydroxyl groups is 1. The monoisotopic (exact) mass is 573 g/mol. The smallest absolute Gasteiger partial charge is 0.369 e. The van der Waals surface area contributed by atoms with Crippen molar-refractivity contribution < 1.29 is 28.2 Å². The Kier molecular flexibility index (Phi) is 18.7. The molecule has 2 unspecified atom stereocenters. The molecule has 7 nitrogen and oxygen atoms in total. The predicted molar refractivity (Wildman–Crippen MR) is 158 cm³/mol. The third kappa shape index (κ3) is 12.6. The average molecular weight is 574 g/mol. The summed E-state index contributed by atoms with van der Waals surface area (Å²) in [6.07, 6.45) is 22.2. The predicted octanol–water partition coefficient (Wildman–Crippen LogP) is 8.84. The number of nitrogens with zero attached hydrogens (tertiary/aromatic N) is 1. The Morgan fingerprint density at radius 3 is 1.84 bits per heavy atom. The van der Waals surface area contributed by atoms with Crippen LogP contribution in [0.2, 0.25) is 0 Å². The highest BCUT2D eigenvalue weighted by molar-refractivity contribution is 7.75. The molecule has 0 spiro atoms. The van der Waals surface area contributed by atoms with Crippen molar-refractivity contribution in [3.8, 4) is 0 Å². The molecule has 9 heteroatoms. The first-order chi connectivity index (χ1) is 18.3. The molecule has 0 saturated carbocycles. The van der Waals surface area contributed by atoms with Gasteiger partial charge in [-0.1, -0.05) is 70.4 Å². The summed E-state index contributed by atoms with van der Waals surface area (Å²) in [6.45, 7) is 5.53. The topological polar surface area (TPSA) is 106 Å². The van der Waals surface area contributed by atoms with Gasteiger partial charge in [0.2, 0.25) is 12.5 Å². The van der Waals surface area contributed by atoms with Gasteiger partial charge in [0, 0.05) is 18.6 Å². The van der Waals surface area contributed by atoms with Crippen molar-refractivity contribution in [2.45, 2.75) is 122 Å². The molecule has 0 aliphatic heterocycles. The van der Waals surface area contributed by atoms with Gasteiger partial charge in [-0.05, 0) is 76.5 Å². The molecule has 220 valence electrons. The van der Waals surface area contributed by atoms with Crippen molar-refractivity contribution in [3.05, 3.63) is 42.2 Å². The average Bonchev–Trinajstić information content (AvgIpc) is 2.90. The van der Waals surface area contributed by atoms with Gasteiger partial charge in [-0.15, -0.1) is 0 Å². The molecule has 0 amide bonds. The van der Waals surface area contributed by atoms with Crippen molar-refractivity contribution in [1.29, 1.82) is 0 Å².